The molecule has 26 heavy (non-hydrogen) atoms. The van der Waals surface area contributed by atoms with Crippen molar-refractivity contribution in [1.29, 1.82) is 0 Å². The molecule has 0 heterocycles. The van der Waals surface area contributed by atoms with Crippen molar-refractivity contribution in [3.05, 3.63) is 12.2 Å². The Hall–Kier alpha value is -1.48. The van der Waals surface area contributed by atoms with Crippen LogP contribution in [0.15, 0.2) is 12.2 Å². The van der Waals surface area contributed by atoms with Crippen LogP contribution in [0.2, 0.25) is 0 Å². The fraction of sp³-hybridized carbons (Fsp3) is 0.778. The predicted molar refractivity (Wildman–Crippen MR) is 94.9 cm³/mol. The first-order valence-electron chi connectivity index (χ1n) is 8.58. The van der Waals surface area contributed by atoms with Crippen LogP contribution in [0.4, 0.5) is 0 Å². The lowest BCUT2D eigenvalue weighted by molar-refractivity contribution is -0.160. The summed E-state index contributed by atoms with van der Waals surface area (Å²) in [5, 5.41) is 0. The Morgan fingerprint density at radius 3 is 1.62 bits per heavy atom. The Morgan fingerprint density at radius 2 is 1.19 bits per heavy atom. The normalized spacial score (nSPS) is 11.2. The van der Waals surface area contributed by atoms with Gasteiger partial charge in [-0.25, -0.2) is 9.59 Å². The lowest BCUT2D eigenvalue weighted by Crippen LogP contribution is -2.27. The van der Waals surface area contributed by atoms with Gasteiger partial charge in [-0.2, -0.15) is 0 Å². The summed E-state index contributed by atoms with van der Waals surface area (Å²) in [5.74, 6) is -0.813. The van der Waals surface area contributed by atoms with E-state index in [1.165, 1.54) is 0 Å². The highest BCUT2D eigenvalue weighted by Gasteiger charge is 2.15. The molecule has 0 spiro atoms. The molecule has 0 amide bonds. The molecule has 0 fully saturated rings. The number of hydrogen-bond acceptors (Lipinski definition) is 8. The number of hydrogen-bond donors (Lipinski definition) is 0. The minimum atomic E-state index is -0.507. The summed E-state index contributed by atoms with van der Waals surface area (Å²) in [6.45, 7) is 13.3. The van der Waals surface area contributed by atoms with Gasteiger partial charge in [0.2, 0.25) is 0 Å². The molecule has 0 aromatic carbocycles. The van der Waals surface area contributed by atoms with Crippen molar-refractivity contribution in [1.82, 2.24) is 0 Å². The van der Waals surface area contributed by atoms with E-state index >= 15 is 0 Å². The van der Waals surface area contributed by atoms with Crippen LogP contribution in [0.25, 0.3) is 0 Å². The molecule has 0 unspecified atom stereocenters. The van der Waals surface area contributed by atoms with Gasteiger partial charge in [0.15, 0.2) is 0 Å². The highest BCUT2D eigenvalue weighted by atomic mass is 16.6. The Morgan fingerprint density at radius 1 is 0.769 bits per heavy atom. The van der Waals surface area contributed by atoms with Crippen molar-refractivity contribution in [2.24, 2.45) is 0 Å². The molecule has 0 bridgehead atoms. The molecular formula is C18H32O8. The Kier molecular flexibility index (Phi) is 13.8. The minimum Gasteiger partial charge on any atom is -0.460 e. The van der Waals surface area contributed by atoms with Gasteiger partial charge in [0.1, 0.15) is 18.8 Å². The second-order valence-corrected chi connectivity index (χ2v) is 6.39. The van der Waals surface area contributed by atoms with E-state index < -0.39 is 17.5 Å². The number of carbonyl (C=O) groups is 2. The zero-order valence-electron chi connectivity index (χ0n) is 16.3. The lowest BCUT2D eigenvalue weighted by atomic mass is 10.2. The van der Waals surface area contributed by atoms with Crippen molar-refractivity contribution in [3.63, 3.8) is 0 Å². The van der Waals surface area contributed by atoms with Gasteiger partial charge in [0.25, 0.3) is 0 Å². The molecule has 0 aromatic rings. The summed E-state index contributed by atoms with van der Waals surface area (Å²) >= 11 is 0. The third-order valence-corrected chi connectivity index (χ3v) is 2.57. The summed E-state index contributed by atoms with van der Waals surface area (Å²) in [4.78, 5) is 22.5. The van der Waals surface area contributed by atoms with Crippen LogP contribution in [0.5, 0.6) is 0 Å². The van der Waals surface area contributed by atoms with E-state index in [1.807, 2.05) is 0 Å². The first-order chi connectivity index (χ1) is 12.2. The highest BCUT2D eigenvalue weighted by Crippen LogP contribution is 2.06. The van der Waals surface area contributed by atoms with Crippen LogP contribution < -0.4 is 0 Å². The third-order valence-electron chi connectivity index (χ3n) is 2.57. The fourth-order valence-corrected chi connectivity index (χ4v) is 1.50. The molecule has 0 aromatic heterocycles. The molecule has 0 atom stereocenters. The van der Waals surface area contributed by atoms with Gasteiger partial charge < -0.3 is 28.4 Å². The van der Waals surface area contributed by atoms with E-state index in [9.17, 15) is 9.59 Å². The summed E-state index contributed by atoms with van der Waals surface area (Å²) in [6, 6.07) is 0. The van der Waals surface area contributed by atoms with Gasteiger partial charge in [-0.1, -0.05) is 6.58 Å². The second kappa shape index (κ2) is 14.7. The molecule has 8 heteroatoms. The zero-order chi connectivity index (χ0) is 19.8. The molecule has 0 aliphatic heterocycles. The molecule has 152 valence electrons. The Bertz CT molecular complexity index is 414. The predicted octanol–water partition coefficient (Wildman–Crippen LogP) is 1.51. The topological polar surface area (TPSA) is 89.5 Å². The van der Waals surface area contributed by atoms with Gasteiger partial charge in [0, 0.05) is 5.57 Å². The minimum absolute atomic E-state index is 0.0872. The molecule has 0 N–H and O–H groups in total. The van der Waals surface area contributed by atoms with E-state index in [0.29, 0.717) is 51.8 Å². The Balaban J connectivity index is 3.24. The monoisotopic (exact) mass is 376 g/mol. The zero-order valence-corrected chi connectivity index (χ0v) is 16.3. The van der Waals surface area contributed by atoms with E-state index in [4.69, 9.17) is 28.4 Å². The largest absolute Gasteiger partial charge is 0.460 e. The van der Waals surface area contributed by atoms with Crippen LogP contribution in [0.3, 0.4) is 0 Å². The maximum atomic E-state index is 11.4. The molecule has 0 saturated carbocycles. The molecule has 0 aliphatic carbocycles. The van der Waals surface area contributed by atoms with Crippen molar-refractivity contribution >= 4 is 11.9 Å². The molecular weight excluding hydrogens is 344 g/mol. The maximum absolute atomic E-state index is 11.4. The number of rotatable bonds is 15. The number of esters is 2. The van der Waals surface area contributed by atoms with Crippen molar-refractivity contribution < 1.29 is 38.0 Å². The average molecular weight is 376 g/mol. The van der Waals surface area contributed by atoms with Gasteiger partial charge in [-0.15, -0.1) is 0 Å². The third kappa shape index (κ3) is 17.3. The fourth-order valence-electron chi connectivity index (χ4n) is 1.50. The van der Waals surface area contributed by atoms with E-state index in [0.717, 1.165) is 0 Å². The van der Waals surface area contributed by atoms with Crippen LogP contribution >= 0.6 is 0 Å². The average Bonchev–Trinajstić information content (AvgIpc) is 2.53. The van der Waals surface area contributed by atoms with Crippen LogP contribution in [-0.4, -0.2) is 77.0 Å². The molecule has 0 rings (SSSR count). The summed E-state index contributed by atoms with van der Waals surface area (Å²) in [7, 11) is 0. The molecule has 8 nitrogen and oxygen atoms in total. The van der Waals surface area contributed by atoms with Gasteiger partial charge >= 0.3 is 11.9 Å². The summed E-state index contributed by atoms with van der Waals surface area (Å²) in [5.41, 5.74) is -0.142. The highest BCUT2D eigenvalue weighted by molar-refractivity contribution is 5.86. The van der Waals surface area contributed by atoms with E-state index in [1.54, 1.807) is 27.7 Å². The van der Waals surface area contributed by atoms with Gasteiger partial charge in [-0.3, -0.25) is 0 Å². The Labute approximate surface area is 155 Å². The summed E-state index contributed by atoms with van der Waals surface area (Å²) in [6.07, 6.45) is 0. The summed E-state index contributed by atoms with van der Waals surface area (Å²) < 4.78 is 31.0. The maximum Gasteiger partial charge on any atom is 0.333 e. The van der Waals surface area contributed by atoms with Gasteiger partial charge in [0.05, 0.1) is 46.2 Å². The molecule has 0 aliphatic rings. The van der Waals surface area contributed by atoms with Crippen molar-refractivity contribution in [2.75, 3.05) is 59.5 Å². The lowest BCUT2D eigenvalue weighted by Gasteiger charge is -2.19. The van der Waals surface area contributed by atoms with Crippen molar-refractivity contribution in [3.8, 4) is 0 Å². The number of carbonyl (C=O) groups excluding carboxylic acids is 2. The molecule has 0 saturated heterocycles. The van der Waals surface area contributed by atoms with Gasteiger partial charge in [-0.05, 0) is 27.7 Å². The standard InChI is InChI=1S/C18H32O8/c1-15(2)17(20)25-13-12-23-9-8-21-6-7-22-10-11-24-14-16(19)26-18(3,4)5/h1,6-14H2,2-5H3. The van der Waals surface area contributed by atoms with E-state index in [-0.39, 0.29) is 13.2 Å². The second-order valence-electron chi connectivity index (χ2n) is 6.39. The SMILES string of the molecule is C=C(C)C(=O)OCCOCCOCCOCCOCC(=O)OC(C)(C)C. The molecule has 0 radical (unpaired) electrons. The van der Waals surface area contributed by atoms with Crippen LogP contribution in [0.1, 0.15) is 27.7 Å². The number of ether oxygens (including phenoxy) is 6. The van der Waals surface area contributed by atoms with Crippen LogP contribution in [-0.2, 0) is 38.0 Å². The first kappa shape index (κ1) is 24.5. The smallest absolute Gasteiger partial charge is 0.333 e. The first-order valence-corrected chi connectivity index (χ1v) is 8.58. The quantitative estimate of drug-likeness (QED) is 0.241. The van der Waals surface area contributed by atoms with Crippen LogP contribution in [0, 0.1) is 0 Å². The van der Waals surface area contributed by atoms with Crippen molar-refractivity contribution in [2.45, 2.75) is 33.3 Å². The van der Waals surface area contributed by atoms with E-state index in [2.05, 4.69) is 6.58 Å².